The highest BCUT2D eigenvalue weighted by atomic mass is 32.1. The molecule has 0 spiro atoms. The average molecular weight is 351 g/mol. The molecule has 1 atom stereocenters. The van der Waals surface area contributed by atoms with Crippen LogP contribution in [0.5, 0.6) is 0 Å². The van der Waals surface area contributed by atoms with Crippen LogP contribution in [0, 0.1) is 4.77 Å². The standard InChI is InChI=1S/C16H22N4OS2/c1-2-13-10-18(7-8-21-13)11-19-16(22)20(12-5-6-12)15(17-19)14-4-3-9-23-14/h3-4,9,12-13H,2,5-8,10-11H2,1H3/t13-/m1/s1. The molecule has 2 aliphatic rings. The van der Waals surface area contributed by atoms with Gasteiger partial charge in [0.15, 0.2) is 10.6 Å². The van der Waals surface area contributed by atoms with Gasteiger partial charge in [0.05, 0.1) is 24.3 Å². The van der Waals surface area contributed by atoms with Crippen molar-refractivity contribution in [2.75, 3.05) is 19.7 Å². The number of hydrogen-bond donors (Lipinski definition) is 0. The second-order valence-corrected chi connectivity index (χ2v) is 7.62. The Morgan fingerprint density at radius 3 is 3.00 bits per heavy atom. The van der Waals surface area contributed by atoms with Crippen molar-refractivity contribution >= 4 is 23.6 Å². The summed E-state index contributed by atoms with van der Waals surface area (Å²) in [7, 11) is 0. The molecule has 1 saturated carbocycles. The van der Waals surface area contributed by atoms with Crippen LogP contribution >= 0.6 is 23.6 Å². The van der Waals surface area contributed by atoms with E-state index < -0.39 is 0 Å². The third kappa shape index (κ3) is 3.15. The molecule has 0 amide bonds. The molecule has 4 rings (SSSR count). The Morgan fingerprint density at radius 2 is 2.30 bits per heavy atom. The fraction of sp³-hybridized carbons (Fsp3) is 0.625. The molecule has 124 valence electrons. The maximum Gasteiger partial charge on any atom is 0.199 e. The lowest BCUT2D eigenvalue weighted by molar-refractivity contribution is -0.0412. The van der Waals surface area contributed by atoms with Crippen molar-refractivity contribution in [3.8, 4) is 10.7 Å². The summed E-state index contributed by atoms with van der Waals surface area (Å²) in [6, 6.07) is 4.75. The molecular weight excluding hydrogens is 328 g/mol. The van der Waals surface area contributed by atoms with E-state index in [1.54, 1.807) is 11.3 Å². The molecule has 0 aromatic carbocycles. The van der Waals surface area contributed by atoms with Crippen molar-refractivity contribution in [3.05, 3.63) is 22.3 Å². The summed E-state index contributed by atoms with van der Waals surface area (Å²) < 4.78 is 10.9. The van der Waals surface area contributed by atoms with E-state index in [1.807, 2.05) is 4.68 Å². The van der Waals surface area contributed by atoms with Crippen molar-refractivity contribution in [3.63, 3.8) is 0 Å². The fourth-order valence-corrected chi connectivity index (χ4v) is 4.13. The first-order valence-electron chi connectivity index (χ1n) is 8.33. The van der Waals surface area contributed by atoms with Gasteiger partial charge in [-0.1, -0.05) is 13.0 Å². The van der Waals surface area contributed by atoms with Crippen LogP contribution in [-0.2, 0) is 11.4 Å². The van der Waals surface area contributed by atoms with E-state index in [0.29, 0.717) is 12.1 Å². The van der Waals surface area contributed by atoms with Crippen LogP contribution < -0.4 is 0 Å². The summed E-state index contributed by atoms with van der Waals surface area (Å²) in [5.41, 5.74) is 0. The van der Waals surface area contributed by atoms with E-state index in [-0.39, 0.29) is 0 Å². The number of hydrogen-bond acceptors (Lipinski definition) is 5. The summed E-state index contributed by atoms with van der Waals surface area (Å²) in [4.78, 5) is 3.60. The minimum absolute atomic E-state index is 0.334. The highest BCUT2D eigenvalue weighted by Gasteiger charge is 2.30. The minimum atomic E-state index is 0.334. The fourth-order valence-electron chi connectivity index (χ4n) is 3.09. The van der Waals surface area contributed by atoms with Gasteiger partial charge in [0.2, 0.25) is 0 Å². The summed E-state index contributed by atoms with van der Waals surface area (Å²) >= 11 is 7.47. The molecule has 2 aromatic rings. The van der Waals surface area contributed by atoms with Crippen molar-refractivity contribution in [1.82, 2.24) is 19.2 Å². The number of thiophene rings is 1. The Labute approximate surface area is 145 Å². The number of morpholine rings is 1. The second kappa shape index (κ2) is 6.47. The van der Waals surface area contributed by atoms with Gasteiger partial charge in [-0.25, -0.2) is 4.68 Å². The lowest BCUT2D eigenvalue weighted by Gasteiger charge is -2.32. The number of ether oxygens (including phenoxy) is 1. The van der Waals surface area contributed by atoms with Gasteiger partial charge in [-0.15, -0.1) is 16.4 Å². The summed E-state index contributed by atoms with van der Waals surface area (Å²) in [6.45, 7) is 5.64. The smallest absolute Gasteiger partial charge is 0.199 e. The molecule has 2 aromatic heterocycles. The maximum atomic E-state index is 5.76. The van der Waals surface area contributed by atoms with Crippen LogP contribution in [-0.4, -0.2) is 45.0 Å². The second-order valence-electron chi connectivity index (χ2n) is 6.30. The monoisotopic (exact) mass is 350 g/mol. The highest BCUT2D eigenvalue weighted by Crippen LogP contribution is 2.39. The van der Waals surface area contributed by atoms with Crippen LogP contribution in [0.1, 0.15) is 32.2 Å². The maximum absolute atomic E-state index is 5.76. The predicted octanol–water partition coefficient (Wildman–Crippen LogP) is 3.55. The zero-order valence-corrected chi connectivity index (χ0v) is 15.0. The van der Waals surface area contributed by atoms with Gasteiger partial charge in [0, 0.05) is 19.1 Å². The molecule has 2 fully saturated rings. The molecule has 0 unspecified atom stereocenters. The minimum Gasteiger partial charge on any atom is -0.376 e. The number of nitrogens with zero attached hydrogens (tertiary/aromatic N) is 4. The van der Waals surface area contributed by atoms with E-state index in [1.165, 1.54) is 17.7 Å². The van der Waals surface area contributed by atoms with Crippen molar-refractivity contribution < 1.29 is 4.74 Å². The lowest BCUT2D eigenvalue weighted by Crippen LogP contribution is -2.43. The Kier molecular flexibility index (Phi) is 4.36. The molecule has 0 radical (unpaired) electrons. The summed E-state index contributed by atoms with van der Waals surface area (Å²) in [5, 5.41) is 6.96. The molecule has 23 heavy (non-hydrogen) atoms. The Hall–Kier alpha value is -1.02. The van der Waals surface area contributed by atoms with Gasteiger partial charge < -0.3 is 4.74 Å². The molecule has 3 heterocycles. The topological polar surface area (TPSA) is 35.2 Å². The van der Waals surface area contributed by atoms with Crippen LogP contribution in [0.25, 0.3) is 10.7 Å². The van der Waals surface area contributed by atoms with Gasteiger partial charge in [-0.05, 0) is 42.9 Å². The van der Waals surface area contributed by atoms with Crippen LogP contribution in [0.3, 0.4) is 0 Å². The molecule has 1 aliphatic carbocycles. The van der Waals surface area contributed by atoms with E-state index in [0.717, 1.165) is 43.4 Å². The van der Waals surface area contributed by atoms with Gasteiger partial charge in [-0.3, -0.25) is 9.47 Å². The van der Waals surface area contributed by atoms with E-state index in [4.69, 9.17) is 22.1 Å². The van der Waals surface area contributed by atoms with Gasteiger partial charge in [-0.2, -0.15) is 0 Å². The molecule has 1 aliphatic heterocycles. The third-order valence-corrected chi connectivity index (χ3v) is 5.81. The van der Waals surface area contributed by atoms with E-state index >= 15 is 0 Å². The normalized spacial score (nSPS) is 22.6. The summed E-state index contributed by atoms with van der Waals surface area (Å²) in [6.07, 6.45) is 3.82. The molecular formula is C16H22N4OS2. The molecule has 0 bridgehead atoms. The van der Waals surface area contributed by atoms with E-state index in [2.05, 4.69) is 33.9 Å². The Balaban J connectivity index is 1.62. The molecule has 0 N–H and O–H groups in total. The van der Waals surface area contributed by atoms with Crippen molar-refractivity contribution in [2.45, 2.75) is 45.0 Å². The SMILES string of the molecule is CC[C@@H]1CN(Cn2nc(-c3cccs3)n(C3CC3)c2=S)CCO1. The number of aromatic nitrogens is 3. The van der Waals surface area contributed by atoms with E-state index in [9.17, 15) is 0 Å². The summed E-state index contributed by atoms with van der Waals surface area (Å²) in [5.74, 6) is 1.04. The average Bonchev–Trinajstić information content (AvgIpc) is 3.15. The van der Waals surface area contributed by atoms with Gasteiger partial charge in [0.1, 0.15) is 0 Å². The Morgan fingerprint density at radius 1 is 1.43 bits per heavy atom. The number of rotatable bonds is 5. The first kappa shape index (κ1) is 15.5. The third-order valence-electron chi connectivity index (χ3n) is 4.54. The zero-order valence-electron chi connectivity index (χ0n) is 13.4. The van der Waals surface area contributed by atoms with Crippen molar-refractivity contribution in [2.24, 2.45) is 0 Å². The predicted molar refractivity (Wildman–Crippen MR) is 94.2 cm³/mol. The van der Waals surface area contributed by atoms with Gasteiger partial charge in [0.25, 0.3) is 0 Å². The highest BCUT2D eigenvalue weighted by molar-refractivity contribution is 7.71. The van der Waals surface area contributed by atoms with Gasteiger partial charge >= 0.3 is 0 Å². The van der Waals surface area contributed by atoms with Crippen LogP contribution in [0.4, 0.5) is 0 Å². The van der Waals surface area contributed by atoms with Crippen LogP contribution in [0.15, 0.2) is 17.5 Å². The lowest BCUT2D eigenvalue weighted by atomic mass is 10.2. The Bertz CT molecular complexity index is 717. The quantitative estimate of drug-likeness (QED) is 0.773. The molecule has 7 heteroatoms. The molecule has 5 nitrogen and oxygen atoms in total. The zero-order chi connectivity index (χ0) is 15.8. The first-order chi connectivity index (χ1) is 11.3. The van der Waals surface area contributed by atoms with Crippen LogP contribution in [0.2, 0.25) is 0 Å². The van der Waals surface area contributed by atoms with Crippen molar-refractivity contribution in [1.29, 1.82) is 0 Å². The first-order valence-corrected chi connectivity index (χ1v) is 9.62. The molecule has 1 saturated heterocycles. The largest absolute Gasteiger partial charge is 0.376 e.